The first-order valence-corrected chi connectivity index (χ1v) is 8.00. The van der Waals surface area contributed by atoms with Crippen LogP contribution in [0.2, 0.25) is 0 Å². The molecule has 1 heterocycles. The summed E-state index contributed by atoms with van der Waals surface area (Å²) in [7, 11) is -3.40. The third kappa shape index (κ3) is 4.81. The van der Waals surface area contributed by atoms with Gasteiger partial charge in [0.05, 0.1) is 11.8 Å². The Balaban J connectivity index is 2.47. The lowest BCUT2D eigenvalue weighted by Gasteiger charge is -2.20. The van der Waals surface area contributed by atoms with Crippen molar-refractivity contribution in [2.75, 3.05) is 24.7 Å². The minimum Gasteiger partial charge on any atom is -0.341 e. The molecule has 7 heteroatoms. The van der Waals surface area contributed by atoms with Crippen molar-refractivity contribution in [1.29, 1.82) is 0 Å². The van der Waals surface area contributed by atoms with Crippen molar-refractivity contribution < 1.29 is 13.2 Å². The van der Waals surface area contributed by atoms with Crippen molar-refractivity contribution in [1.82, 2.24) is 9.62 Å². The molecular formula is C10H19ClN2O3S. The fraction of sp³-hybridized carbons (Fsp3) is 0.900. The summed E-state index contributed by atoms with van der Waals surface area (Å²) in [5, 5.41) is 0. The number of amides is 1. The molecular weight excluding hydrogens is 264 g/mol. The van der Waals surface area contributed by atoms with Gasteiger partial charge in [0, 0.05) is 19.0 Å². The van der Waals surface area contributed by atoms with Crippen molar-refractivity contribution in [3.63, 3.8) is 0 Å². The smallest absolute Gasteiger partial charge is 0.240 e. The Kier molecular flexibility index (Phi) is 5.69. The third-order valence-electron chi connectivity index (χ3n) is 2.69. The van der Waals surface area contributed by atoms with Crippen LogP contribution in [0.3, 0.4) is 0 Å². The number of nitrogens with one attached hydrogen (secondary N) is 1. The van der Waals surface area contributed by atoms with Gasteiger partial charge >= 0.3 is 0 Å². The van der Waals surface area contributed by atoms with Gasteiger partial charge in [0.2, 0.25) is 15.9 Å². The third-order valence-corrected chi connectivity index (χ3v) is 4.50. The van der Waals surface area contributed by atoms with Crippen LogP contribution in [0.4, 0.5) is 0 Å². The van der Waals surface area contributed by atoms with E-state index in [0.29, 0.717) is 12.3 Å². The second-order valence-electron chi connectivity index (χ2n) is 4.23. The standard InChI is InChI=1S/C10H19ClN2O3S/c1-9(10(14)13-6-2-3-7-13)12-17(15,16)8-4-5-11/h9,12H,2-8H2,1H3. The summed E-state index contributed by atoms with van der Waals surface area (Å²) < 4.78 is 25.5. The number of carbonyl (C=O) groups excluding carboxylic acids is 1. The molecule has 1 saturated heterocycles. The van der Waals surface area contributed by atoms with Gasteiger partial charge in [0.25, 0.3) is 0 Å². The molecule has 1 atom stereocenters. The first-order valence-electron chi connectivity index (χ1n) is 5.81. The minimum absolute atomic E-state index is 0.0336. The Morgan fingerprint density at radius 1 is 1.41 bits per heavy atom. The molecule has 0 spiro atoms. The summed E-state index contributed by atoms with van der Waals surface area (Å²) in [5.74, 6) is 0.126. The lowest BCUT2D eigenvalue weighted by Crippen LogP contribution is -2.46. The van der Waals surface area contributed by atoms with Crippen molar-refractivity contribution in [2.24, 2.45) is 0 Å². The number of sulfonamides is 1. The number of halogens is 1. The fourth-order valence-corrected chi connectivity index (χ4v) is 3.41. The highest BCUT2D eigenvalue weighted by molar-refractivity contribution is 7.89. The molecule has 5 nitrogen and oxygen atoms in total. The van der Waals surface area contributed by atoms with E-state index in [1.807, 2.05) is 0 Å². The summed E-state index contributed by atoms with van der Waals surface area (Å²) in [5.41, 5.74) is 0. The number of carbonyl (C=O) groups is 1. The minimum atomic E-state index is -3.40. The molecule has 0 radical (unpaired) electrons. The van der Waals surface area contributed by atoms with E-state index in [1.165, 1.54) is 0 Å². The monoisotopic (exact) mass is 282 g/mol. The molecule has 100 valence electrons. The molecule has 17 heavy (non-hydrogen) atoms. The molecule has 1 unspecified atom stereocenters. The van der Waals surface area contributed by atoms with Crippen LogP contribution in [0, 0.1) is 0 Å². The average molecular weight is 283 g/mol. The second kappa shape index (κ2) is 6.56. The van der Waals surface area contributed by atoms with Crippen LogP contribution in [0.5, 0.6) is 0 Å². The van der Waals surface area contributed by atoms with Gasteiger partial charge in [-0.2, -0.15) is 0 Å². The molecule has 0 aromatic carbocycles. The summed E-state index contributed by atoms with van der Waals surface area (Å²) in [4.78, 5) is 13.6. The predicted molar refractivity (Wildman–Crippen MR) is 67.5 cm³/mol. The van der Waals surface area contributed by atoms with Crippen LogP contribution in [0.25, 0.3) is 0 Å². The highest BCUT2D eigenvalue weighted by Crippen LogP contribution is 2.09. The van der Waals surface area contributed by atoms with Gasteiger partial charge < -0.3 is 4.90 Å². The maximum absolute atomic E-state index is 11.9. The van der Waals surface area contributed by atoms with Gasteiger partial charge in [-0.1, -0.05) is 0 Å². The SMILES string of the molecule is CC(NS(=O)(=O)CCCCl)C(=O)N1CCCC1. The molecule has 1 amide bonds. The largest absolute Gasteiger partial charge is 0.341 e. The van der Waals surface area contributed by atoms with E-state index in [4.69, 9.17) is 11.6 Å². The molecule has 0 aromatic rings. The van der Waals surface area contributed by atoms with Crippen LogP contribution in [-0.4, -0.2) is 50.0 Å². The Bertz CT molecular complexity index is 353. The zero-order chi connectivity index (χ0) is 12.9. The van der Waals surface area contributed by atoms with Gasteiger partial charge in [-0.25, -0.2) is 13.1 Å². The Hall–Kier alpha value is -0.330. The second-order valence-corrected chi connectivity index (χ2v) is 6.48. The number of alkyl halides is 1. The summed E-state index contributed by atoms with van der Waals surface area (Å²) in [6, 6.07) is -0.687. The van der Waals surface area contributed by atoms with Crippen molar-refractivity contribution in [2.45, 2.75) is 32.2 Å². The van der Waals surface area contributed by atoms with Crippen LogP contribution in [0.15, 0.2) is 0 Å². The highest BCUT2D eigenvalue weighted by atomic mass is 35.5. The van der Waals surface area contributed by atoms with Crippen molar-refractivity contribution >= 4 is 27.5 Å². The zero-order valence-electron chi connectivity index (χ0n) is 9.99. The highest BCUT2D eigenvalue weighted by Gasteiger charge is 2.26. The first-order chi connectivity index (χ1) is 7.96. The Labute approximate surface area is 108 Å². The van der Waals surface area contributed by atoms with E-state index in [2.05, 4.69) is 4.72 Å². The molecule has 1 aliphatic rings. The summed E-state index contributed by atoms with van der Waals surface area (Å²) in [6.45, 7) is 3.04. The van der Waals surface area contributed by atoms with E-state index in [9.17, 15) is 13.2 Å². The number of nitrogens with zero attached hydrogens (tertiary/aromatic N) is 1. The maximum atomic E-state index is 11.9. The Morgan fingerprint density at radius 3 is 2.53 bits per heavy atom. The van der Waals surface area contributed by atoms with Gasteiger partial charge in [-0.15, -0.1) is 11.6 Å². The van der Waals surface area contributed by atoms with E-state index in [0.717, 1.165) is 25.9 Å². The number of hydrogen-bond donors (Lipinski definition) is 1. The molecule has 0 saturated carbocycles. The fourth-order valence-electron chi connectivity index (χ4n) is 1.83. The van der Waals surface area contributed by atoms with Gasteiger partial charge in [0.1, 0.15) is 0 Å². The average Bonchev–Trinajstić information content (AvgIpc) is 2.78. The quantitative estimate of drug-likeness (QED) is 0.724. The first kappa shape index (κ1) is 14.7. The van der Waals surface area contributed by atoms with Crippen LogP contribution < -0.4 is 4.72 Å². The van der Waals surface area contributed by atoms with E-state index in [-0.39, 0.29) is 11.7 Å². The van der Waals surface area contributed by atoms with E-state index >= 15 is 0 Å². The molecule has 0 aliphatic carbocycles. The van der Waals surface area contributed by atoms with Crippen LogP contribution >= 0.6 is 11.6 Å². The molecule has 1 fully saturated rings. The molecule has 1 N–H and O–H groups in total. The summed E-state index contributed by atoms with van der Waals surface area (Å²) >= 11 is 5.44. The van der Waals surface area contributed by atoms with Gasteiger partial charge in [-0.3, -0.25) is 4.79 Å². The maximum Gasteiger partial charge on any atom is 0.240 e. The lowest BCUT2D eigenvalue weighted by atomic mass is 10.3. The lowest BCUT2D eigenvalue weighted by molar-refractivity contribution is -0.131. The van der Waals surface area contributed by atoms with E-state index in [1.54, 1.807) is 11.8 Å². The van der Waals surface area contributed by atoms with Crippen LogP contribution in [0.1, 0.15) is 26.2 Å². The van der Waals surface area contributed by atoms with Crippen LogP contribution in [-0.2, 0) is 14.8 Å². The number of rotatable bonds is 6. The predicted octanol–water partition coefficient (Wildman–Crippen LogP) is 0.546. The van der Waals surface area contributed by atoms with Gasteiger partial charge in [0.15, 0.2) is 0 Å². The normalized spacial score (nSPS) is 18.4. The Morgan fingerprint density at radius 2 is 2.00 bits per heavy atom. The van der Waals surface area contributed by atoms with E-state index < -0.39 is 16.1 Å². The van der Waals surface area contributed by atoms with Crippen molar-refractivity contribution in [3.8, 4) is 0 Å². The number of hydrogen-bond acceptors (Lipinski definition) is 3. The molecule has 1 aliphatic heterocycles. The molecule has 0 bridgehead atoms. The van der Waals surface area contributed by atoms with Gasteiger partial charge in [-0.05, 0) is 26.2 Å². The molecule has 0 aromatic heterocycles. The zero-order valence-corrected chi connectivity index (χ0v) is 11.6. The molecule has 1 rings (SSSR count). The number of likely N-dealkylation sites (tertiary alicyclic amines) is 1. The van der Waals surface area contributed by atoms with Crippen molar-refractivity contribution in [3.05, 3.63) is 0 Å². The summed E-state index contributed by atoms with van der Waals surface area (Å²) in [6.07, 6.45) is 2.39. The topological polar surface area (TPSA) is 66.5 Å².